The molecule has 7 heteroatoms. The van der Waals surface area contributed by atoms with Gasteiger partial charge in [0.25, 0.3) is 5.91 Å². The van der Waals surface area contributed by atoms with Gasteiger partial charge in [0, 0.05) is 6.04 Å². The summed E-state index contributed by atoms with van der Waals surface area (Å²) < 4.78 is 5.14. The Labute approximate surface area is 154 Å². The van der Waals surface area contributed by atoms with Crippen LogP contribution in [0.15, 0.2) is 24.3 Å². The number of urea groups is 1. The first-order chi connectivity index (χ1) is 12.4. The average molecular weight is 361 g/mol. The van der Waals surface area contributed by atoms with E-state index in [1.165, 1.54) is 0 Å². The van der Waals surface area contributed by atoms with E-state index in [4.69, 9.17) is 4.74 Å². The predicted molar refractivity (Wildman–Crippen MR) is 97.7 cm³/mol. The minimum absolute atomic E-state index is 0.00536. The van der Waals surface area contributed by atoms with Crippen LogP contribution in [0.3, 0.4) is 0 Å². The Morgan fingerprint density at radius 2 is 1.92 bits per heavy atom. The lowest BCUT2D eigenvalue weighted by atomic mass is 9.87. The summed E-state index contributed by atoms with van der Waals surface area (Å²) in [5, 5.41) is 5.59. The van der Waals surface area contributed by atoms with Crippen LogP contribution in [0.5, 0.6) is 5.75 Å². The fourth-order valence-electron chi connectivity index (χ4n) is 3.25. The number of imide groups is 1. The van der Waals surface area contributed by atoms with E-state index in [-0.39, 0.29) is 18.5 Å². The lowest BCUT2D eigenvalue weighted by Crippen LogP contribution is -2.45. The van der Waals surface area contributed by atoms with Crippen molar-refractivity contribution in [3.05, 3.63) is 29.8 Å². The number of rotatable bonds is 8. The van der Waals surface area contributed by atoms with Gasteiger partial charge in [0.1, 0.15) is 17.8 Å². The minimum atomic E-state index is -1.15. The van der Waals surface area contributed by atoms with Crippen LogP contribution in [0.1, 0.15) is 45.6 Å². The van der Waals surface area contributed by atoms with Crippen molar-refractivity contribution >= 4 is 17.8 Å². The number of benzene rings is 1. The maximum atomic E-state index is 13.0. The van der Waals surface area contributed by atoms with Gasteiger partial charge in [-0.1, -0.05) is 32.4 Å². The zero-order valence-corrected chi connectivity index (χ0v) is 15.8. The molecule has 1 aromatic carbocycles. The second-order valence-electron chi connectivity index (χ2n) is 6.57. The van der Waals surface area contributed by atoms with Gasteiger partial charge in [0.2, 0.25) is 5.91 Å². The molecule has 7 nitrogen and oxygen atoms in total. The highest BCUT2D eigenvalue weighted by Gasteiger charge is 2.51. The number of methoxy groups -OCH3 is 1. The van der Waals surface area contributed by atoms with Gasteiger partial charge < -0.3 is 15.4 Å². The van der Waals surface area contributed by atoms with E-state index < -0.39 is 17.5 Å². The number of hydrogen-bond donors (Lipinski definition) is 2. The SMILES string of the molecule is CCC[C@@H](C)NC(=O)CN1C(=O)N[C@](CC)(c2ccc(OC)cc2)C1=O. The van der Waals surface area contributed by atoms with Crippen molar-refractivity contribution in [1.82, 2.24) is 15.5 Å². The quantitative estimate of drug-likeness (QED) is 0.695. The number of hydrogen-bond acceptors (Lipinski definition) is 4. The first-order valence-electron chi connectivity index (χ1n) is 8.96. The highest BCUT2D eigenvalue weighted by atomic mass is 16.5. The Morgan fingerprint density at radius 1 is 1.27 bits per heavy atom. The molecule has 1 heterocycles. The molecule has 0 aliphatic carbocycles. The summed E-state index contributed by atoms with van der Waals surface area (Å²) in [6, 6.07) is 6.46. The molecular weight excluding hydrogens is 334 g/mol. The zero-order valence-electron chi connectivity index (χ0n) is 15.8. The van der Waals surface area contributed by atoms with Crippen LogP contribution >= 0.6 is 0 Å². The first kappa shape index (κ1) is 19.8. The van der Waals surface area contributed by atoms with Gasteiger partial charge in [-0.05, 0) is 37.5 Å². The molecule has 4 amide bonds. The average Bonchev–Trinajstić information content (AvgIpc) is 2.87. The van der Waals surface area contributed by atoms with Crippen LogP contribution in [0, 0.1) is 0 Å². The van der Waals surface area contributed by atoms with Gasteiger partial charge in [-0.3, -0.25) is 14.5 Å². The van der Waals surface area contributed by atoms with Crippen molar-refractivity contribution in [2.24, 2.45) is 0 Å². The predicted octanol–water partition coefficient (Wildman–Crippen LogP) is 2.16. The molecule has 1 aromatic rings. The molecule has 2 rings (SSSR count). The molecule has 2 N–H and O–H groups in total. The lowest BCUT2D eigenvalue weighted by Gasteiger charge is -2.26. The Morgan fingerprint density at radius 3 is 2.46 bits per heavy atom. The van der Waals surface area contributed by atoms with Crippen molar-refractivity contribution in [2.75, 3.05) is 13.7 Å². The second-order valence-corrected chi connectivity index (χ2v) is 6.57. The number of carbonyl (C=O) groups excluding carboxylic acids is 3. The van der Waals surface area contributed by atoms with Gasteiger partial charge in [0.15, 0.2) is 0 Å². The maximum Gasteiger partial charge on any atom is 0.325 e. The molecule has 1 aliphatic rings. The van der Waals surface area contributed by atoms with Crippen molar-refractivity contribution in [2.45, 2.75) is 51.6 Å². The summed E-state index contributed by atoms with van der Waals surface area (Å²) in [6.07, 6.45) is 2.17. The Balaban J connectivity index is 2.18. The highest BCUT2D eigenvalue weighted by Crippen LogP contribution is 2.33. The summed E-state index contributed by atoms with van der Waals surface area (Å²) in [4.78, 5) is 38.6. The normalized spacial score (nSPS) is 20.7. The third-order valence-corrected chi connectivity index (χ3v) is 4.72. The van der Waals surface area contributed by atoms with E-state index in [1.54, 1.807) is 31.4 Å². The van der Waals surface area contributed by atoms with Gasteiger partial charge in [-0.15, -0.1) is 0 Å². The van der Waals surface area contributed by atoms with Crippen LogP contribution < -0.4 is 15.4 Å². The number of ether oxygens (including phenoxy) is 1. The Kier molecular flexibility index (Phi) is 6.23. The smallest absolute Gasteiger partial charge is 0.325 e. The fourth-order valence-corrected chi connectivity index (χ4v) is 3.25. The van der Waals surface area contributed by atoms with Crippen molar-refractivity contribution in [1.29, 1.82) is 0 Å². The number of carbonyl (C=O) groups is 3. The third kappa shape index (κ3) is 3.81. The largest absolute Gasteiger partial charge is 0.497 e. The Hall–Kier alpha value is -2.57. The number of amides is 4. The van der Waals surface area contributed by atoms with Gasteiger partial charge in [-0.2, -0.15) is 0 Å². The van der Waals surface area contributed by atoms with Crippen molar-refractivity contribution in [3.63, 3.8) is 0 Å². The molecule has 0 bridgehead atoms. The van der Waals surface area contributed by atoms with E-state index >= 15 is 0 Å². The fraction of sp³-hybridized carbons (Fsp3) is 0.526. The van der Waals surface area contributed by atoms with Gasteiger partial charge >= 0.3 is 6.03 Å². The van der Waals surface area contributed by atoms with Crippen LogP contribution in [0.25, 0.3) is 0 Å². The van der Waals surface area contributed by atoms with Crippen molar-refractivity contribution < 1.29 is 19.1 Å². The van der Waals surface area contributed by atoms with Crippen LogP contribution in [0.2, 0.25) is 0 Å². The molecule has 0 unspecified atom stereocenters. The van der Waals surface area contributed by atoms with E-state index in [0.717, 1.165) is 17.7 Å². The summed E-state index contributed by atoms with van der Waals surface area (Å²) >= 11 is 0. The second kappa shape index (κ2) is 8.21. The maximum absolute atomic E-state index is 13.0. The summed E-state index contributed by atoms with van der Waals surface area (Å²) in [5.41, 5.74) is -0.486. The molecule has 0 aromatic heterocycles. The topological polar surface area (TPSA) is 87.7 Å². The molecule has 1 fully saturated rings. The standard InChI is InChI=1S/C19H27N3O4/c1-5-7-13(3)20-16(23)12-22-17(24)19(6-2,21-18(22)25)14-8-10-15(26-4)11-9-14/h8-11,13H,5-7,12H2,1-4H3,(H,20,23)(H,21,25)/t13-,19-/m1/s1. The molecule has 26 heavy (non-hydrogen) atoms. The van der Waals surface area contributed by atoms with E-state index in [1.807, 2.05) is 20.8 Å². The van der Waals surface area contributed by atoms with Crippen LogP contribution in [0.4, 0.5) is 4.79 Å². The molecule has 2 atom stereocenters. The van der Waals surface area contributed by atoms with Gasteiger partial charge in [0.05, 0.1) is 7.11 Å². The molecule has 142 valence electrons. The van der Waals surface area contributed by atoms with E-state index in [9.17, 15) is 14.4 Å². The Bertz CT molecular complexity index is 674. The summed E-state index contributed by atoms with van der Waals surface area (Å²) in [5.74, 6) is -0.0810. The lowest BCUT2D eigenvalue weighted by molar-refractivity contribution is -0.135. The third-order valence-electron chi connectivity index (χ3n) is 4.72. The van der Waals surface area contributed by atoms with E-state index in [0.29, 0.717) is 17.7 Å². The highest BCUT2D eigenvalue weighted by molar-refractivity contribution is 6.09. The van der Waals surface area contributed by atoms with Crippen LogP contribution in [-0.4, -0.2) is 42.4 Å². The zero-order chi connectivity index (χ0) is 19.3. The first-order valence-corrected chi connectivity index (χ1v) is 8.96. The number of nitrogens with one attached hydrogen (secondary N) is 2. The summed E-state index contributed by atoms with van der Waals surface area (Å²) in [7, 11) is 1.56. The van der Waals surface area contributed by atoms with Gasteiger partial charge in [-0.25, -0.2) is 4.79 Å². The van der Waals surface area contributed by atoms with E-state index in [2.05, 4.69) is 10.6 Å². The molecule has 0 radical (unpaired) electrons. The minimum Gasteiger partial charge on any atom is -0.497 e. The number of nitrogens with zero attached hydrogens (tertiary/aromatic N) is 1. The molecule has 0 saturated carbocycles. The molecule has 1 aliphatic heterocycles. The molecule has 1 saturated heterocycles. The molecular formula is C19H27N3O4. The monoisotopic (exact) mass is 361 g/mol. The summed E-state index contributed by atoms with van der Waals surface area (Å²) in [6.45, 7) is 5.48. The van der Waals surface area contributed by atoms with Crippen LogP contribution in [-0.2, 0) is 15.1 Å². The molecule has 0 spiro atoms. The van der Waals surface area contributed by atoms with Crippen molar-refractivity contribution in [3.8, 4) is 5.75 Å².